The highest BCUT2D eigenvalue weighted by Gasteiger charge is 2.42. The molecule has 3 aliphatic heterocycles. The van der Waals surface area contributed by atoms with Crippen LogP contribution in [0.15, 0.2) is 45.6 Å². The number of rotatable bonds is 5. The van der Waals surface area contributed by atoms with Crippen LogP contribution in [0.4, 0.5) is 0 Å². The smallest absolute Gasteiger partial charge is 0.338 e. The molecule has 0 spiro atoms. The molecule has 0 saturated carbocycles. The Morgan fingerprint density at radius 3 is 2.56 bits per heavy atom. The molecule has 6 nitrogen and oxygen atoms in total. The average Bonchev–Trinajstić information content (AvgIpc) is 3.37. The number of allylic oxidation sites excluding steroid dienone is 1. The van der Waals surface area contributed by atoms with Crippen LogP contribution in [0.3, 0.4) is 0 Å². The van der Waals surface area contributed by atoms with Crippen LogP contribution >= 0.6 is 11.8 Å². The first-order chi connectivity index (χ1) is 15.3. The average molecular weight is 454 g/mol. The monoisotopic (exact) mass is 453 g/mol. The maximum Gasteiger partial charge on any atom is 0.338 e. The van der Waals surface area contributed by atoms with Crippen LogP contribution in [0.2, 0.25) is 0 Å². The van der Waals surface area contributed by atoms with E-state index in [9.17, 15) is 9.59 Å². The van der Waals surface area contributed by atoms with Gasteiger partial charge in [-0.05, 0) is 64.0 Å². The summed E-state index contributed by atoms with van der Waals surface area (Å²) in [6, 6.07) is 5.90. The first-order valence-electron chi connectivity index (χ1n) is 11.3. The normalized spacial score (nSPS) is 20.5. The molecule has 1 saturated heterocycles. The van der Waals surface area contributed by atoms with Crippen molar-refractivity contribution in [3.05, 3.63) is 57.3 Å². The summed E-state index contributed by atoms with van der Waals surface area (Å²) < 4.78 is 5.63. The summed E-state index contributed by atoms with van der Waals surface area (Å²) >= 11 is 1.51. The molecule has 1 fully saturated rings. The summed E-state index contributed by atoms with van der Waals surface area (Å²) in [6.07, 6.45) is 2.20. The Kier molecular flexibility index (Phi) is 6.47. The van der Waals surface area contributed by atoms with Crippen molar-refractivity contribution in [1.29, 1.82) is 0 Å². The Balaban J connectivity index is 1.75. The third-order valence-corrected chi connectivity index (χ3v) is 6.96. The number of carbonyl (C=O) groups excluding carboxylic acids is 2. The molecule has 1 atom stereocenters. The van der Waals surface area contributed by atoms with Crippen LogP contribution < -0.4 is 0 Å². The van der Waals surface area contributed by atoms with Gasteiger partial charge in [0.25, 0.3) is 0 Å². The second-order valence-corrected chi connectivity index (χ2v) is 9.81. The largest absolute Gasteiger partial charge is 0.459 e. The number of amidine groups is 1. The van der Waals surface area contributed by atoms with Gasteiger partial charge in [0.1, 0.15) is 0 Å². The molecule has 170 valence electrons. The minimum Gasteiger partial charge on any atom is -0.459 e. The van der Waals surface area contributed by atoms with Crippen molar-refractivity contribution < 1.29 is 14.3 Å². The van der Waals surface area contributed by atoms with E-state index in [1.165, 1.54) is 17.3 Å². The molecule has 4 rings (SSSR count). The van der Waals surface area contributed by atoms with Crippen LogP contribution in [0.5, 0.6) is 0 Å². The third-order valence-electron chi connectivity index (χ3n) is 6.07. The van der Waals surface area contributed by atoms with Gasteiger partial charge < -0.3 is 14.5 Å². The SMILES string of the molecule is CC1=C(C(=O)OC(C)C)C(c2ccc(C)cc2C)N2C(CC(=O)N3CCCC3)=CSC2=N1. The number of aliphatic imine (C=N–C) groups is 1. The maximum absolute atomic E-state index is 13.2. The number of carbonyl (C=O) groups is 2. The van der Waals surface area contributed by atoms with E-state index >= 15 is 0 Å². The van der Waals surface area contributed by atoms with Crippen molar-refractivity contribution in [2.45, 2.75) is 66.0 Å². The molecule has 7 heteroatoms. The summed E-state index contributed by atoms with van der Waals surface area (Å²) in [5.41, 5.74) is 5.38. The predicted molar refractivity (Wildman–Crippen MR) is 128 cm³/mol. The second kappa shape index (κ2) is 9.14. The van der Waals surface area contributed by atoms with Gasteiger partial charge >= 0.3 is 5.97 Å². The number of thioether (sulfide) groups is 1. The van der Waals surface area contributed by atoms with E-state index in [1.54, 1.807) is 0 Å². The fraction of sp³-hybridized carbons (Fsp3) is 0.480. The first kappa shape index (κ1) is 22.6. The summed E-state index contributed by atoms with van der Waals surface area (Å²) in [6.45, 7) is 11.3. The van der Waals surface area contributed by atoms with Crippen LogP contribution in [0.25, 0.3) is 0 Å². The number of likely N-dealkylation sites (tertiary alicyclic amines) is 1. The summed E-state index contributed by atoms with van der Waals surface area (Å²) in [7, 11) is 0. The van der Waals surface area contributed by atoms with Gasteiger partial charge in [0.2, 0.25) is 5.91 Å². The number of hydrogen-bond acceptors (Lipinski definition) is 6. The molecule has 1 amide bonds. The molecule has 0 aromatic heterocycles. The van der Waals surface area contributed by atoms with Crippen molar-refractivity contribution in [2.24, 2.45) is 4.99 Å². The molecule has 3 aliphatic rings. The minimum atomic E-state index is -0.373. The number of amides is 1. The third kappa shape index (κ3) is 4.35. The predicted octanol–water partition coefficient (Wildman–Crippen LogP) is 4.84. The molecular weight excluding hydrogens is 422 g/mol. The fourth-order valence-electron chi connectivity index (χ4n) is 4.57. The number of fused-ring (bicyclic) bond motifs is 1. The Hall–Kier alpha value is -2.54. The highest BCUT2D eigenvalue weighted by Crippen LogP contribution is 2.45. The summed E-state index contributed by atoms with van der Waals surface area (Å²) in [5.74, 6) is -0.222. The highest BCUT2D eigenvalue weighted by atomic mass is 32.2. The molecule has 1 unspecified atom stereocenters. The molecule has 0 aliphatic carbocycles. The summed E-state index contributed by atoms with van der Waals surface area (Å²) in [4.78, 5) is 34.9. The molecular formula is C25H31N3O3S. The Morgan fingerprint density at radius 2 is 1.91 bits per heavy atom. The fourth-order valence-corrected chi connectivity index (χ4v) is 5.53. The number of benzene rings is 1. The van der Waals surface area contributed by atoms with Gasteiger partial charge in [0.15, 0.2) is 5.17 Å². The number of aryl methyl sites for hydroxylation is 2. The van der Waals surface area contributed by atoms with Gasteiger partial charge in [-0.1, -0.05) is 35.5 Å². The molecule has 1 aromatic rings. The lowest BCUT2D eigenvalue weighted by molar-refractivity contribution is -0.143. The molecule has 3 heterocycles. The molecule has 32 heavy (non-hydrogen) atoms. The Bertz CT molecular complexity index is 1030. The van der Waals surface area contributed by atoms with E-state index < -0.39 is 0 Å². The minimum absolute atomic E-state index is 0.132. The highest BCUT2D eigenvalue weighted by molar-refractivity contribution is 8.16. The van der Waals surface area contributed by atoms with Gasteiger partial charge in [-0.3, -0.25) is 4.79 Å². The van der Waals surface area contributed by atoms with Gasteiger partial charge in [0, 0.05) is 18.8 Å². The molecule has 1 aromatic carbocycles. The molecule has 0 radical (unpaired) electrons. The lowest BCUT2D eigenvalue weighted by Gasteiger charge is -2.37. The van der Waals surface area contributed by atoms with Crippen LogP contribution in [-0.2, 0) is 14.3 Å². The Labute approximate surface area is 194 Å². The van der Waals surface area contributed by atoms with Gasteiger partial charge in [-0.2, -0.15) is 0 Å². The summed E-state index contributed by atoms with van der Waals surface area (Å²) in [5, 5.41) is 2.81. The number of esters is 1. The zero-order valence-electron chi connectivity index (χ0n) is 19.5. The lowest BCUT2D eigenvalue weighted by atomic mass is 9.90. The van der Waals surface area contributed by atoms with E-state index in [-0.39, 0.29) is 24.0 Å². The number of nitrogens with zero attached hydrogens (tertiary/aromatic N) is 3. The van der Waals surface area contributed by atoms with Crippen molar-refractivity contribution in [2.75, 3.05) is 13.1 Å². The standard InChI is InChI=1S/C25H31N3O3S/c1-15(2)31-24(30)22-18(5)26-25-28(23(22)20-9-8-16(3)12-17(20)4)19(14-32-25)13-21(29)27-10-6-7-11-27/h8-9,12,14-15,23H,6-7,10-11,13H2,1-5H3. The first-order valence-corrected chi connectivity index (χ1v) is 12.1. The van der Waals surface area contributed by atoms with E-state index in [0.717, 1.165) is 47.9 Å². The van der Waals surface area contributed by atoms with E-state index in [1.807, 2.05) is 31.1 Å². The van der Waals surface area contributed by atoms with Gasteiger partial charge in [0.05, 0.1) is 29.8 Å². The molecule has 0 bridgehead atoms. The Morgan fingerprint density at radius 1 is 1.19 bits per heavy atom. The number of hydrogen-bond donors (Lipinski definition) is 0. The van der Waals surface area contributed by atoms with Crippen LogP contribution in [-0.4, -0.2) is 46.0 Å². The van der Waals surface area contributed by atoms with Gasteiger partial charge in [-0.25, -0.2) is 9.79 Å². The number of ether oxygens (including phenoxy) is 1. The topological polar surface area (TPSA) is 62.2 Å². The van der Waals surface area contributed by atoms with Crippen LogP contribution in [0.1, 0.15) is 62.8 Å². The van der Waals surface area contributed by atoms with Gasteiger partial charge in [-0.15, -0.1) is 0 Å². The lowest BCUT2D eigenvalue weighted by Crippen LogP contribution is -2.39. The quantitative estimate of drug-likeness (QED) is 0.597. The van der Waals surface area contributed by atoms with E-state index in [0.29, 0.717) is 17.7 Å². The van der Waals surface area contributed by atoms with Crippen molar-refractivity contribution in [1.82, 2.24) is 9.80 Å². The van der Waals surface area contributed by atoms with E-state index in [2.05, 4.69) is 36.9 Å². The van der Waals surface area contributed by atoms with Crippen molar-refractivity contribution in [3.63, 3.8) is 0 Å². The molecule has 0 N–H and O–H groups in total. The van der Waals surface area contributed by atoms with Crippen molar-refractivity contribution in [3.8, 4) is 0 Å². The zero-order valence-corrected chi connectivity index (χ0v) is 20.3. The zero-order chi connectivity index (χ0) is 23.0. The van der Waals surface area contributed by atoms with E-state index in [4.69, 9.17) is 9.73 Å². The maximum atomic E-state index is 13.2. The van der Waals surface area contributed by atoms with Crippen molar-refractivity contribution >= 4 is 28.8 Å². The van der Waals surface area contributed by atoms with Crippen LogP contribution in [0, 0.1) is 13.8 Å². The second-order valence-electron chi connectivity index (χ2n) is 8.97.